The summed E-state index contributed by atoms with van der Waals surface area (Å²) in [6, 6.07) is 0. The van der Waals surface area contributed by atoms with Gasteiger partial charge in [0, 0.05) is 20.0 Å². The average Bonchev–Trinajstić information content (AvgIpc) is 2.67. The molecule has 0 saturated carbocycles. The summed E-state index contributed by atoms with van der Waals surface area (Å²) in [5.41, 5.74) is 0. The van der Waals surface area contributed by atoms with Gasteiger partial charge in [-0.25, -0.2) is 8.42 Å². The van der Waals surface area contributed by atoms with Crippen LogP contribution in [-0.2, 0) is 14.9 Å². The van der Waals surface area contributed by atoms with Crippen LogP contribution in [0, 0.1) is 0 Å². The topological polar surface area (TPSA) is 77.5 Å². The van der Waals surface area contributed by atoms with Gasteiger partial charge in [-0.05, 0) is 6.42 Å². The first-order valence-corrected chi connectivity index (χ1v) is 13.6. The SMILES string of the molecule is CCCCCCCCCCCCCCCCCCCC(=O)N(C)CCS(=O)(=O)[O-].[Na+]. The average molecular weight is 456 g/mol. The zero-order valence-electron chi connectivity index (χ0n) is 20.1. The normalized spacial score (nSPS) is 11.3. The van der Waals surface area contributed by atoms with E-state index < -0.39 is 15.9 Å². The molecule has 0 atom stereocenters. The molecular formula is C23H46NNaO4S. The van der Waals surface area contributed by atoms with Crippen LogP contribution in [0.15, 0.2) is 0 Å². The van der Waals surface area contributed by atoms with Crippen LogP contribution < -0.4 is 29.6 Å². The second kappa shape index (κ2) is 22.6. The summed E-state index contributed by atoms with van der Waals surface area (Å²) >= 11 is 0. The Bertz CT molecular complexity index is 486. The Morgan fingerprint density at radius 3 is 1.37 bits per heavy atom. The van der Waals surface area contributed by atoms with Gasteiger partial charge >= 0.3 is 29.6 Å². The molecule has 30 heavy (non-hydrogen) atoms. The first-order chi connectivity index (χ1) is 13.9. The first kappa shape index (κ1) is 32.6. The predicted octanol–water partition coefficient (Wildman–Crippen LogP) is 3.04. The van der Waals surface area contributed by atoms with Crippen LogP contribution in [0.3, 0.4) is 0 Å². The van der Waals surface area contributed by atoms with Gasteiger partial charge in [0.25, 0.3) is 0 Å². The Hall–Kier alpha value is 0.380. The number of nitrogens with zero attached hydrogens (tertiary/aromatic N) is 1. The molecule has 0 bridgehead atoms. The maximum Gasteiger partial charge on any atom is 1.00 e. The van der Waals surface area contributed by atoms with E-state index >= 15 is 0 Å². The van der Waals surface area contributed by atoms with E-state index in [1.54, 1.807) is 7.05 Å². The van der Waals surface area contributed by atoms with Crippen molar-refractivity contribution in [2.75, 3.05) is 19.3 Å². The standard InChI is InChI=1S/C23H47NO4S.Na/c1-3-4-5-6-7-8-9-10-11-12-13-14-15-16-17-18-19-20-23(25)24(2)21-22-29(26,27)28;/h3-22H2,1-2H3,(H,26,27,28);/q;+1/p-1. The molecule has 0 aromatic carbocycles. The first-order valence-electron chi connectivity index (χ1n) is 12.0. The van der Waals surface area contributed by atoms with Crippen LogP contribution in [0.4, 0.5) is 0 Å². The minimum absolute atomic E-state index is 0. The molecule has 174 valence electrons. The van der Waals surface area contributed by atoms with Crippen molar-refractivity contribution in [3.05, 3.63) is 0 Å². The zero-order valence-corrected chi connectivity index (χ0v) is 22.9. The van der Waals surface area contributed by atoms with Gasteiger partial charge in [0.05, 0.1) is 15.9 Å². The van der Waals surface area contributed by atoms with Gasteiger partial charge in [-0.15, -0.1) is 0 Å². The third-order valence-electron chi connectivity index (χ3n) is 5.60. The smallest absolute Gasteiger partial charge is 0.748 e. The van der Waals surface area contributed by atoms with Crippen LogP contribution in [0.2, 0.25) is 0 Å². The van der Waals surface area contributed by atoms with Crippen LogP contribution >= 0.6 is 0 Å². The second-order valence-corrected chi connectivity index (χ2v) is 10.0. The third kappa shape index (κ3) is 24.6. The van der Waals surface area contributed by atoms with Gasteiger partial charge in [-0.2, -0.15) is 0 Å². The van der Waals surface area contributed by atoms with E-state index in [1.807, 2.05) is 0 Å². The molecule has 0 unspecified atom stereocenters. The van der Waals surface area contributed by atoms with Crippen molar-refractivity contribution in [3.63, 3.8) is 0 Å². The molecule has 0 N–H and O–H groups in total. The van der Waals surface area contributed by atoms with Crippen LogP contribution in [-0.4, -0.2) is 43.1 Å². The van der Waals surface area contributed by atoms with E-state index in [0.717, 1.165) is 19.3 Å². The predicted molar refractivity (Wildman–Crippen MR) is 121 cm³/mol. The number of carbonyl (C=O) groups is 1. The summed E-state index contributed by atoms with van der Waals surface area (Å²) in [6.07, 6.45) is 22.6. The molecule has 7 heteroatoms. The van der Waals surface area contributed by atoms with Crippen molar-refractivity contribution >= 4 is 16.0 Å². The van der Waals surface area contributed by atoms with E-state index in [0.29, 0.717) is 6.42 Å². The molecule has 0 aromatic rings. The maximum atomic E-state index is 11.8. The van der Waals surface area contributed by atoms with E-state index in [9.17, 15) is 17.8 Å². The molecular weight excluding hydrogens is 409 g/mol. The number of amides is 1. The van der Waals surface area contributed by atoms with Gasteiger partial charge in [0.15, 0.2) is 0 Å². The summed E-state index contributed by atoms with van der Waals surface area (Å²) in [7, 11) is -2.69. The number of rotatable bonds is 21. The zero-order chi connectivity index (χ0) is 21.8. The Labute approximate surface area is 209 Å². The summed E-state index contributed by atoms with van der Waals surface area (Å²) in [5, 5.41) is 0. The fourth-order valence-corrected chi connectivity index (χ4v) is 4.06. The fraction of sp³-hybridized carbons (Fsp3) is 0.957. The monoisotopic (exact) mass is 455 g/mol. The summed E-state index contributed by atoms with van der Waals surface area (Å²) < 4.78 is 31.8. The summed E-state index contributed by atoms with van der Waals surface area (Å²) in [4.78, 5) is 13.2. The maximum absolute atomic E-state index is 11.8. The molecule has 0 rings (SSSR count). The molecule has 0 saturated heterocycles. The van der Waals surface area contributed by atoms with Crippen molar-refractivity contribution in [2.24, 2.45) is 0 Å². The Kier molecular flexibility index (Phi) is 24.5. The van der Waals surface area contributed by atoms with E-state index in [1.165, 1.54) is 94.8 Å². The van der Waals surface area contributed by atoms with Gasteiger partial charge in [0.2, 0.25) is 5.91 Å². The van der Waals surface area contributed by atoms with Crippen molar-refractivity contribution in [1.82, 2.24) is 4.90 Å². The van der Waals surface area contributed by atoms with Crippen molar-refractivity contribution in [1.29, 1.82) is 0 Å². The van der Waals surface area contributed by atoms with E-state index in [-0.39, 0.29) is 42.0 Å². The summed E-state index contributed by atoms with van der Waals surface area (Å²) in [6.45, 7) is 2.26. The van der Waals surface area contributed by atoms with E-state index in [2.05, 4.69) is 6.92 Å². The number of hydrogen-bond donors (Lipinski definition) is 0. The van der Waals surface area contributed by atoms with Crippen molar-refractivity contribution in [3.8, 4) is 0 Å². The van der Waals surface area contributed by atoms with Crippen molar-refractivity contribution in [2.45, 2.75) is 122 Å². The molecule has 0 radical (unpaired) electrons. The van der Waals surface area contributed by atoms with Gasteiger partial charge in [0.1, 0.15) is 0 Å². The Morgan fingerprint density at radius 1 is 0.700 bits per heavy atom. The molecule has 5 nitrogen and oxygen atoms in total. The van der Waals surface area contributed by atoms with E-state index in [4.69, 9.17) is 0 Å². The Morgan fingerprint density at radius 2 is 1.03 bits per heavy atom. The molecule has 1 amide bonds. The van der Waals surface area contributed by atoms with Crippen LogP contribution in [0.1, 0.15) is 122 Å². The molecule has 0 aromatic heterocycles. The minimum atomic E-state index is -4.25. The van der Waals surface area contributed by atoms with Gasteiger partial charge in [-0.1, -0.05) is 110 Å². The number of hydrogen-bond acceptors (Lipinski definition) is 4. The van der Waals surface area contributed by atoms with Crippen molar-refractivity contribution < 1.29 is 47.3 Å². The third-order valence-corrected chi connectivity index (χ3v) is 6.28. The summed E-state index contributed by atoms with van der Waals surface area (Å²) in [5.74, 6) is -0.580. The quantitative estimate of drug-likeness (QED) is 0.151. The number of carbonyl (C=O) groups excluding carboxylic acids is 1. The molecule has 0 aliphatic heterocycles. The van der Waals surface area contributed by atoms with Crippen LogP contribution in [0.5, 0.6) is 0 Å². The Balaban J connectivity index is 0. The van der Waals surface area contributed by atoms with Gasteiger partial charge < -0.3 is 9.45 Å². The molecule has 0 aliphatic rings. The fourth-order valence-electron chi connectivity index (χ4n) is 3.57. The molecule has 0 heterocycles. The number of unbranched alkanes of at least 4 members (excludes halogenated alkanes) is 16. The van der Waals surface area contributed by atoms with Crippen LogP contribution in [0.25, 0.3) is 0 Å². The molecule has 0 fully saturated rings. The minimum Gasteiger partial charge on any atom is -0.748 e. The molecule has 0 spiro atoms. The van der Waals surface area contributed by atoms with Gasteiger partial charge in [-0.3, -0.25) is 4.79 Å². The molecule has 0 aliphatic carbocycles. The largest absolute Gasteiger partial charge is 1.00 e. The second-order valence-electron chi connectivity index (χ2n) is 8.48.